The Balaban J connectivity index is 1.16. The molecular formula is C53H46N2. The maximum Gasteiger partial charge on any atom is 0.0541 e. The molecule has 1 spiro atoms. The molecule has 7 aromatic carbocycles. The first kappa shape index (κ1) is 32.6. The maximum absolute atomic E-state index is 2.61. The second-order valence-corrected chi connectivity index (χ2v) is 16.8. The van der Waals surface area contributed by atoms with E-state index in [1.807, 2.05) is 0 Å². The zero-order valence-corrected chi connectivity index (χ0v) is 31.7. The highest BCUT2D eigenvalue weighted by Gasteiger charge is 2.56. The van der Waals surface area contributed by atoms with Gasteiger partial charge in [0.15, 0.2) is 0 Å². The minimum atomic E-state index is 0.0164. The minimum Gasteiger partial charge on any atom is -0.310 e. The molecule has 0 aliphatic heterocycles. The van der Waals surface area contributed by atoms with Crippen LogP contribution in [0.15, 0.2) is 170 Å². The van der Waals surface area contributed by atoms with E-state index in [2.05, 4.69) is 193 Å². The van der Waals surface area contributed by atoms with Crippen molar-refractivity contribution < 1.29 is 0 Å². The molecule has 2 nitrogen and oxygen atoms in total. The van der Waals surface area contributed by atoms with Crippen LogP contribution in [0.25, 0.3) is 49.7 Å². The van der Waals surface area contributed by atoms with Crippen molar-refractivity contribution in [3.8, 4) is 27.9 Å². The molecule has 2 fully saturated rings. The summed E-state index contributed by atoms with van der Waals surface area (Å²) in [6, 6.07) is 63.6. The number of aromatic nitrogens is 1. The van der Waals surface area contributed by atoms with E-state index in [0.29, 0.717) is 11.8 Å². The van der Waals surface area contributed by atoms with Gasteiger partial charge in [-0.2, -0.15) is 0 Å². The summed E-state index contributed by atoms with van der Waals surface area (Å²) in [5.74, 6) is 2.83. The highest BCUT2D eigenvalue weighted by Crippen LogP contribution is 2.65. The topological polar surface area (TPSA) is 8.17 Å². The third kappa shape index (κ3) is 4.87. The first-order valence-corrected chi connectivity index (χ1v) is 20.4. The summed E-state index contributed by atoms with van der Waals surface area (Å²) in [4.78, 5) is 2.54. The van der Waals surface area contributed by atoms with Crippen LogP contribution in [0.2, 0.25) is 0 Å². The predicted octanol–water partition coefficient (Wildman–Crippen LogP) is 14.3. The molecule has 0 saturated heterocycles. The molecule has 55 heavy (non-hydrogen) atoms. The first-order valence-electron chi connectivity index (χ1n) is 20.4. The Hall–Kier alpha value is -5.86. The smallest absolute Gasteiger partial charge is 0.0541 e. The molecule has 3 aliphatic rings. The highest BCUT2D eigenvalue weighted by molar-refractivity contribution is 6.09. The Morgan fingerprint density at radius 1 is 0.509 bits per heavy atom. The minimum absolute atomic E-state index is 0.0164. The van der Waals surface area contributed by atoms with E-state index in [1.54, 1.807) is 5.56 Å². The summed E-state index contributed by atoms with van der Waals surface area (Å²) in [5, 5.41) is 2.55. The van der Waals surface area contributed by atoms with Crippen molar-refractivity contribution in [3.05, 3.63) is 181 Å². The van der Waals surface area contributed by atoms with Gasteiger partial charge in [-0.05, 0) is 126 Å². The van der Waals surface area contributed by atoms with Crippen LogP contribution in [0.1, 0.15) is 50.7 Å². The van der Waals surface area contributed by atoms with Crippen LogP contribution in [0, 0.1) is 23.7 Å². The number of rotatable bonds is 5. The molecular weight excluding hydrogens is 665 g/mol. The lowest BCUT2D eigenvalue weighted by atomic mass is 9.49. The molecule has 11 rings (SSSR count). The van der Waals surface area contributed by atoms with Crippen LogP contribution in [0.3, 0.4) is 0 Å². The summed E-state index contributed by atoms with van der Waals surface area (Å²) in [6.45, 7) is 5.08. The molecule has 8 aromatic rings. The van der Waals surface area contributed by atoms with E-state index in [1.165, 1.54) is 86.7 Å². The predicted molar refractivity (Wildman–Crippen MR) is 231 cm³/mol. The fraction of sp³-hybridized carbons (Fsp3) is 0.208. The normalized spacial score (nSPS) is 22.5. The Morgan fingerprint density at radius 2 is 1.16 bits per heavy atom. The summed E-state index contributed by atoms with van der Waals surface area (Å²) in [6.07, 6.45) is 5.34. The molecule has 5 unspecified atom stereocenters. The van der Waals surface area contributed by atoms with Crippen LogP contribution in [-0.2, 0) is 5.41 Å². The van der Waals surface area contributed by atoms with Crippen molar-refractivity contribution in [2.45, 2.75) is 44.9 Å². The van der Waals surface area contributed by atoms with Crippen molar-refractivity contribution in [1.29, 1.82) is 0 Å². The number of fused-ring (bicyclic) bond motifs is 11. The number of hydrogen-bond donors (Lipinski definition) is 0. The van der Waals surface area contributed by atoms with Crippen LogP contribution in [0.4, 0.5) is 17.1 Å². The second kappa shape index (κ2) is 12.6. The van der Waals surface area contributed by atoms with E-state index in [0.717, 1.165) is 23.2 Å². The van der Waals surface area contributed by atoms with Crippen molar-refractivity contribution in [2.24, 2.45) is 23.7 Å². The Bertz CT molecular complexity index is 2680. The van der Waals surface area contributed by atoms with Crippen molar-refractivity contribution in [2.75, 3.05) is 4.90 Å². The van der Waals surface area contributed by atoms with Crippen molar-refractivity contribution in [1.82, 2.24) is 4.57 Å². The number of hydrogen-bond acceptors (Lipinski definition) is 1. The van der Waals surface area contributed by atoms with Gasteiger partial charge in [0, 0.05) is 38.8 Å². The molecule has 1 heterocycles. The van der Waals surface area contributed by atoms with E-state index in [-0.39, 0.29) is 5.41 Å². The van der Waals surface area contributed by atoms with Crippen LogP contribution in [0.5, 0.6) is 0 Å². The number of nitrogens with zero attached hydrogens (tertiary/aromatic N) is 2. The SMILES string of the molecule is CC1CC2CC(C)C3(c4ccccc4-c4ccc(N(c5cccc(-n6c7ccccc7c7ccccc76)c5)c5ccccc5-c5ccccc5)cc43)C(C1)C2. The second-order valence-electron chi connectivity index (χ2n) is 16.8. The van der Waals surface area contributed by atoms with Crippen molar-refractivity contribution >= 4 is 38.9 Å². The number of para-hydroxylation sites is 3. The fourth-order valence-corrected chi connectivity index (χ4v) is 11.8. The molecule has 0 radical (unpaired) electrons. The fourth-order valence-electron chi connectivity index (χ4n) is 11.8. The summed E-state index contributed by atoms with van der Waals surface area (Å²) in [5.41, 5.74) is 15.6. The van der Waals surface area contributed by atoms with Gasteiger partial charge >= 0.3 is 0 Å². The molecule has 2 saturated carbocycles. The first-order chi connectivity index (χ1) is 27.1. The molecule has 0 N–H and O–H groups in total. The third-order valence-corrected chi connectivity index (χ3v) is 13.7. The third-order valence-electron chi connectivity index (χ3n) is 13.7. The van der Waals surface area contributed by atoms with Gasteiger partial charge in [-0.25, -0.2) is 0 Å². The standard InChI is InChI=1S/C53H46N2/c1-35-29-37-31-36(2)53(39(30-35)32-37)48-23-10-6-20-44(48)45-28-27-42(34-49(45)53)54(50-24-11-7-19-43(50)38-15-4-3-5-16-38)40-17-14-18-41(33-40)55-51-25-12-8-21-46(51)47-22-9-13-26-52(47)55/h3-28,33-37,39H,29-32H2,1-2H3. The van der Waals surface area contributed by atoms with Crippen LogP contribution >= 0.6 is 0 Å². The largest absolute Gasteiger partial charge is 0.310 e. The summed E-state index contributed by atoms with van der Waals surface area (Å²) in [7, 11) is 0. The lowest BCUT2D eigenvalue weighted by molar-refractivity contribution is 0.0426. The van der Waals surface area contributed by atoms with Gasteiger partial charge in [0.25, 0.3) is 0 Å². The zero-order chi connectivity index (χ0) is 36.7. The Kier molecular flexibility index (Phi) is 7.46. The van der Waals surface area contributed by atoms with E-state index in [4.69, 9.17) is 0 Å². The molecule has 5 atom stereocenters. The van der Waals surface area contributed by atoms with Gasteiger partial charge in [-0.3, -0.25) is 0 Å². The molecule has 268 valence electrons. The van der Waals surface area contributed by atoms with E-state index < -0.39 is 0 Å². The zero-order valence-electron chi connectivity index (χ0n) is 31.7. The number of anilines is 3. The molecule has 0 amide bonds. The maximum atomic E-state index is 2.61. The van der Waals surface area contributed by atoms with Crippen molar-refractivity contribution in [3.63, 3.8) is 0 Å². The van der Waals surface area contributed by atoms with Gasteiger partial charge in [-0.1, -0.05) is 135 Å². The highest BCUT2D eigenvalue weighted by atomic mass is 15.1. The van der Waals surface area contributed by atoms with Crippen LogP contribution in [-0.4, -0.2) is 4.57 Å². The van der Waals surface area contributed by atoms with E-state index >= 15 is 0 Å². The van der Waals surface area contributed by atoms with Crippen LogP contribution < -0.4 is 4.90 Å². The van der Waals surface area contributed by atoms with Gasteiger partial charge in [0.05, 0.1) is 16.7 Å². The average molecular weight is 711 g/mol. The summed E-state index contributed by atoms with van der Waals surface area (Å²) < 4.78 is 2.44. The Labute approximate surface area is 324 Å². The Morgan fingerprint density at radius 3 is 1.96 bits per heavy atom. The van der Waals surface area contributed by atoms with Gasteiger partial charge in [0.2, 0.25) is 0 Å². The van der Waals surface area contributed by atoms with Gasteiger partial charge < -0.3 is 9.47 Å². The quantitative estimate of drug-likeness (QED) is 0.173. The van der Waals surface area contributed by atoms with Gasteiger partial charge in [-0.15, -0.1) is 0 Å². The lowest BCUT2D eigenvalue weighted by Gasteiger charge is -2.54. The van der Waals surface area contributed by atoms with E-state index in [9.17, 15) is 0 Å². The molecule has 3 aliphatic carbocycles. The van der Waals surface area contributed by atoms with Gasteiger partial charge in [0.1, 0.15) is 0 Å². The molecule has 2 bridgehead atoms. The average Bonchev–Trinajstić information content (AvgIpc) is 3.72. The molecule has 1 aromatic heterocycles. The monoisotopic (exact) mass is 710 g/mol. The number of benzene rings is 7. The summed E-state index contributed by atoms with van der Waals surface area (Å²) >= 11 is 0. The lowest BCUT2D eigenvalue weighted by Crippen LogP contribution is -2.49. The molecule has 2 heteroatoms.